The van der Waals surface area contributed by atoms with Crippen molar-refractivity contribution in [3.8, 4) is 6.07 Å². The lowest BCUT2D eigenvalue weighted by Gasteiger charge is -2.20. The van der Waals surface area contributed by atoms with Crippen molar-refractivity contribution in [3.63, 3.8) is 0 Å². The van der Waals surface area contributed by atoms with Gasteiger partial charge in [-0.1, -0.05) is 17.7 Å². The van der Waals surface area contributed by atoms with Crippen LogP contribution in [0.5, 0.6) is 0 Å². The van der Waals surface area contributed by atoms with Gasteiger partial charge in [0.15, 0.2) is 0 Å². The van der Waals surface area contributed by atoms with E-state index in [4.69, 9.17) is 5.26 Å². The Labute approximate surface area is 146 Å². The molecule has 1 amide bonds. The number of hydrogen-bond donors (Lipinski definition) is 2. The van der Waals surface area contributed by atoms with Gasteiger partial charge in [0.1, 0.15) is 0 Å². The summed E-state index contributed by atoms with van der Waals surface area (Å²) in [5.41, 5.74) is 2.44. The first kappa shape index (κ1) is 18.0. The van der Waals surface area contributed by atoms with E-state index in [2.05, 4.69) is 5.32 Å². The van der Waals surface area contributed by atoms with Crippen molar-refractivity contribution in [3.05, 3.63) is 59.2 Å². The first-order chi connectivity index (χ1) is 11.9. The van der Waals surface area contributed by atoms with Crippen LogP contribution in [0.15, 0.2) is 42.5 Å². The van der Waals surface area contributed by atoms with Gasteiger partial charge in [0.05, 0.1) is 23.7 Å². The Bertz CT molecular complexity index is 840. The number of nitrogens with zero attached hydrogens (tertiary/aromatic N) is 2. The Morgan fingerprint density at radius 2 is 2.00 bits per heavy atom. The molecule has 0 unspecified atom stereocenters. The molecule has 0 aliphatic heterocycles. The maximum atomic E-state index is 12.3. The molecular weight excluding hydrogens is 318 g/mol. The fraction of sp³-hybridized carbons (Fsp3) is 0.211. The zero-order chi connectivity index (χ0) is 18.4. The fourth-order valence-corrected chi connectivity index (χ4v) is 2.45. The van der Waals surface area contributed by atoms with Crippen molar-refractivity contribution in [1.29, 1.82) is 5.26 Å². The molecule has 0 heterocycles. The van der Waals surface area contributed by atoms with Gasteiger partial charge in [-0.15, -0.1) is 0 Å². The van der Waals surface area contributed by atoms with Gasteiger partial charge in [-0.25, -0.2) is 4.79 Å². The molecule has 0 aliphatic rings. The number of hydrogen-bond acceptors (Lipinski definition) is 4. The van der Waals surface area contributed by atoms with E-state index in [1.54, 1.807) is 42.3 Å². The molecule has 2 rings (SSSR count). The number of carboxylic acids is 1. The summed E-state index contributed by atoms with van der Waals surface area (Å²) >= 11 is 0. The highest BCUT2D eigenvalue weighted by Crippen LogP contribution is 2.24. The summed E-state index contributed by atoms with van der Waals surface area (Å²) in [6.45, 7) is 2.32. The molecule has 6 nitrogen and oxygen atoms in total. The predicted octanol–water partition coefficient (Wildman–Crippen LogP) is 3.30. The lowest BCUT2D eigenvalue weighted by molar-refractivity contribution is 0.0697. The largest absolute Gasteiger partial charge is 0.478 e. The number of carboxylic acid groups (broad SMARTS) is 1. The number of anilines is 2. The monoisotopic (exact) mass is 337 g/mol. The van der Waals surface area contributed by atoms with Gasteiger partial charge in [-0.3, -0.25) is 4.79 Å². The highest BCUT2D eigenvalue weighted by molar-refractivity contribution is 6.05. The van der Waals surface area contributed by atoms with E-state index in [-0.39, 0.29) is 11.5 Å². The fourth-order valence-electron chi connectivity index (χ4n) is 2.45. The Morgan fingerprint density at radius 3 is 2.64 bits per heavy atom. The highest BCUT2D eigenvalue weighted by atomic mass is 16.4. The molecule has 0 aromatic heterocycles. The third kappa shape index (κ3) is 4.58. The molecule has 0 atom stereocenters. The lowest BCUT2D eigenvalue weighted by Crippen LogP contribution is -2.21. The van der Waals surface area contributed by atoms with Gasteiger partial charge >= 0.3 is 5.97 Å². The molecule has 0 bridgehead atoms. The van der Waals surface area contributed by atoms with Crippen LogP contribution in [0.2, 0.25) is 0 Å². The van der Waals surface area contributed by atoms with Gasteiger partial charge in [-0.2, -0.15) is 5.26 Å². The second kappa shape index (κ2) is 7.97. The highest BCUT2D eigenvalue weighted by Gasteiger charge is 2.15. The molecule has 6 heteroatoms. The molecule has 25 heavy (non-hydrogen) atoms. The summed E-state index contributed by atoms with van der Waals surface area (Å²) < 4.78 is 0. The van der Waals surface area contributed by atoms with Crippen LogP contribution in [0, 0.1) is 18.3 Å². The number of carbonyl (C=O) groups excluding carboxylic acids is 1. The molecule has 0 radical (unpaired) electrons. The van der Waals surface area contributed by atoms with E-state index < -0.39 is 5.97 Å². The Hall–Kier alpha value is -3.33. The van der Waals surface area contributed by atoms with Crippen molar-refractivity contribution >= 4 is 23.3 Å². The van der Waals surface area contributed by atoms with Crippen LogP contribution < -0.4 is 10.2 Å². The third-order valence-corrected chi connectivity index (χ3v) is 3.74. The summed E-state index contributed by atoms with van der Waals surface area (Å²) in [5.74, 6) is -1.39. The van der Waals surface area contributed by atoms with Gasteiger partial charge in [0.25, 0.3) is 5.91 Å². The summed E-state index contributed by atoms with van der Waals surface area (Å²) in [5, 5.41) is 20.8. The molecule has 128 valence electrons. The molecule has 0 spiro atoms. The summed E-state index contributed by atoms with van der Waals surface area (Å²) in [6.07, 6.45) is 0.293. The number of rotatable bonds is 6. The smallest absolute Gasteiger partial charge is 0.337 e. The van der Waals surface area contributed by atoms with Crippen LogP contribution in [0.25, 0.3) is 0 Å². The zero-order valence-corrected chi connectivity index (χ0v) is 14.1. The number of nitriles is 1. The number of aromatic carboxylic acids is 1. The minimum Gasteiger partial charge on any atom is -0.478 e. The minimum atomic E-state index is -1.09. The maximum absolute atomic E-state index is 12.3. The third-order valence-electron chi connectivity index (χ3n) is 3.74. The van der Waals surface area contributed by atoms with E-state index in [0.29, 0.717) is 29.9 Å². The molecular formula is C19H19N3O3. The van der Waals surface area contributed by atoms with Gasteiger partial charge in [0.2, 0.25) is 0 Å². The normalized spacial score (nSPS) is 9.96. The Morgan fingerprint density at radius 1 is 1.24 bits per heavy atom. The van der Waals surface area contributed by atoms with E-state index in [1.807, 2.05) is 19.1 Å². The molecule has 0 aliphatic carbocycles. The van der Waals surface area contributed by atoms with Gasteiger partial charge in [0, 0.05) is 24.8 Å². The first-order valence-electron chi connectivity index (χ1n) is 7.76. The van der Waals surface area contributed by atoms with E-state index in [9.17, 15) is 14.7 Å². The quantitative estimate of drug-likeness (QED) is 0.843. The summed E-state index contributed by atoms with van der Waals surface area (Å²) in [6, 6.07) is 13.9. The summed E-state index contributed by atoms with van der Waals surface area (Å²) in [7, 11) is 1.73. The average Bonchev–Trinajstić information content (AvgIpc) is 2.59. The standard InChI is InChI=1S/C19H19N3O3/c1-13-5-3-6-14(11-13)18(23)21-15-7-8-17(16(12-15)19(24)25)22(2)10-4-9-20/h3,5-8,11-12H,4,10H2,1-2H3,(H,21,23)(H,24,25). The lowest BCUT2D eigenvalue weighted by atomic mass is 10.1. The van der Waals surface area contributed by atoms with Crippen molar-refractivity contribution in [1.82, 2.24) is 0 Å². The van der Waals surface area contributed by atoms with E-state index in [1.165, 1.54) is 6.07 Å². The van der Waals surface area contributed by atoms with Crippen molar-refractivity contribution in [2.24, 2.45) is 0 Å². The second-order valence-electron chi connectivity index (χ2n) is 5.69. The molecule has 0 saturated carbocycles. The second-order valence-corrected chi connectivity index (χ2v) is 5.69. The van der Waals surface area contributed by atoms with Crippen molar-refractivity contribution in [2.45, 2.75) is 13.3 Å². The Kier molecular flexibility index (Phi) is 5.75. The van der Waals surface area contributed by atoms with Crippen molar-refractivity contribution < 1.29 is 14.7 Å². The van der Waals surface area contributed by atoms with Crippen LogP contribution in [0.4, 0.5) is 11.4 Å². The number of nitrogens with one attached hydrogen (secondary N) is 1. The van der Waals surface area contributed by atoms with Crippen LogP contribution in [-0.4, -0.2) is 30.6 Å². The summed E-state index contributed by atoms with van der Waals surface area (Å²) in [4.78, 5) is 25.6. The van der Waals surface area contributed by atoms with Gasteiger partial charge in [-0.05, 0) is 37.3 Å². The number of aryl methyl sites for hydroxylation is 1. The van der Waals surface area contributed by atoms with E-state index >= 15 is 0 Å². The SMILES string of the molecule is Cc1cccc(C(=O)Nc2ccc(N(C)CCC#N)c(C(=O)O)c2)c1. The topological polar surface area (TPSA) is 93.4 Å². The predicted molar refractivity (Wildman–Crippen MR) is 96.0 cm³/mol. The number of benzene rings is 2. The Balaban J connectivity index is 2.25. The molecule has 2 aromatic rings. The van der Waals surface area contributed by atoms with Crippen LogP contribution in [-0.2, 0) is 0 Å². The average molecular weight is 337 g/mol. The zero-order valence-electron chi connectivity index (χ0n) is 14.1. The minimum absolute atomic E-state index is 0.0717. The molecule has 2 N–H and O–H groups in total. The van der Waals surface area contributed by atoms with Crippen molar-refractivity contribution in [2.75, 3.05) is 23.8 Å². The van der Waals surface area contributed by atoms with E-state index in [0.717, 1.165) is 5.56 Å². The van der Waals surface area contributed by atoms with Crippen LogP contribution in [0.3, 0.4) is 0 Å². The first-order valence-corrected chi connectivity index (χ1v) is 7.76. The number of carbonyl (C=O) groups is 2. The molecule has 0 saturated heterocycles. The molecule has 2 aromatic carbocycles. The van der Waals surface area contributed by atoms with Gasteiger partial charge < -0.3 is 15.3 Å². The van der Waals surface area contributed by atoms with Crippen LogP contribution >= 0.6 is 0 Å². The number of amides is 1. The van der Waals surface area contributed by atoms with Crippen LogP contribution in [0.1, 0.15) is 32.7 Å². The maximum Gasteiger partial charge on any atom is 0.337 e. The molecule has 0 fully saturated rings.